The maximum Gasteiger partial charge on any atom is 0.227 e. The van der Waals surface area contributed by atoms with Gasteiger partial charge in [0.2, 0.25) is 5.91 Å². The van der Waals surface area contributed by atoms with Crippen LogP contribution in [0.1, 0.15) is 25.3 Å². The Morgan fingerprint density at radius 1 is 1.50 bits per heavy atom. The van der Waals surface area contributed by atoms with Crippen LogP contribution in [0.2, 0.25) is 0 Å². The second-order valence-corrected chi connectivity index (χ2v) is 4.48. The van der Waals surface area contributed by atoms with Crippen molar-refractivity contribution in [1.82, 2.24) is 0 Å². The third-order valence-electron chi connectivity index (χ3n) is 3.08. The Hall–Kier alpha value is -1.55. The maximum atomic E-state index is 12.1. The van der Waals surface area contributed by atoms with E-state index in [4.69, 9.17) is 10.5 Å². The van der Waals surface area contributed by atoms with Gasteiger partial charge in [0.15, 0.2) is 0 Å². The molecule has 0 unspecified atom stereocenters. The first-order valence-electron chi connectivity index (χ1n) is 6.52. The molecule has 0 aliphatic carbocycles. The van der Waals surface area contributed by atoms with E-state index in [0.29, 0.717) is 26.1 Å². The molecule has 1 aromatic rings. The largest absolute Gasteiger partial charge is 0.490 e. The lowest BCUT2D eigenvalue weighted by Crippen LogP contribution is -2.37. The highest BCUT2D eigenvalue weighted by Crippen LogP contribution is 2.33. The van der Waals surface area contributed by atoms with E-state index in [-0.39, 0.29) is 5.91 Å². The smallest absolute Gasteiger partial charge is 0.227 e. The van der Waals surface area contributed by atoms with Gasteiger partial charge in [-0.25, -0.2) is 0 Å². The Morgan fingerprint density at radius 2 is 2.33 bits per heavy atom. The van der Waals surface area contributed by atoms with Gasteiger partial charge in [0, 0.05) is 6.42 Å². The normalized spacial score (nSPS) is 14.0. The fourth-order valence-corrected chi connectivity index (χ4v) is 2.19. The Kier molecular flexibility index (Phi) is 4.20. The zero-order valence-corrected chi connectivity index (χ0v) is 10.8. The molecule has 1 amide bonds. The highest BCUT2D eigenvalue weighted by Gasteiger charge is 2.23. The average Bonchev–Trinajstić information content (AvgIpc) is 2.38. The minimum Gasteiger partial charge on any atom is -0.490 e. The van der Waals surface area contributed by atoms with Crippen molar-refractivity contribution in [2.24, 2.45) is 5.73 Å². The van der Waals surface area contributed by atoms with Crippen LogP contribution in [0, 0.1) is 0 Å². The quantitative estimate of drug-likeness (QED) is 0.882. The number of nitrogens with zero attached hydrogens (tertiary/aromatic N) is 1. The van der Waals surface area contributed by atoms with Crippen molar-refractivity contribution < 1.29 is 9.53 Å². The molecule has 1 aliphatic rings. The number of fused-ring (bicyclic) bond motifs is 1. The van der Waals surface area contributed by atoms with Gasteiger partial charge in [-0.3, -0.25) is 4.79 Å². The highest BCUT2D eigenvalue weighted by atomic mass is 16.5. The third-order valence-corrected chi connectivity index (χ3v) is 3.08. The second kappa shape index (κ2) is 5.87. The molecular formula is C14H20N2O2. The minimum atomic E-state index is 0.173. The highest BCUT2D eigenvalue weighted by molar-refractivity contribution is 5.95. The summed E-state index contributed by atoms with van der Waals surface area (Å²) in [4.78, 5) is 13.9. The molecule has 2 N–H and O–H groups in total. The van der Waals surface area contributed by atoms with Gasteiger partial charge in [-0.15, -0.1) is 0 Å². The number of benzene rings is 1. The summed E-state index contributed by atoms with van der Waals surface area (Å²) in [5, 5.41) is 0. The summed E-state index contributed by atoms with van der Waals surface area (Å²) in [7, 11) is 0. The van der Waals surface area contributed by atoms with Crippen molar-refractivity contribution in [3.8, 4) is 5.75 Å². The molecular weight excluding hydrogens is 228 g/mol. The molecule has 0 atom stereocenters. The average molecular weight is 248 g/mol. The molecule has 18 heavy (non-hydrogen) atoms. The van der Waals surface area contributed by atoms with Crippen LogP contribution in [-0.4, -0.2) is 25.6 Å². The van der Waals surface area contributed by atoms with Crippen molar-refractivity contribution in [3.63, 3.8) is 0 Å². The van der Waals surface area contributed by atoms with Gasteiger partial charge < -0.3 is 15.4 Å². The number of carbonyl (C=O) groups excluding carboxylic acids is 1. The summed E-state index contributed by atoms with van der Waals surface area (Å²) in [5.74, 6) is 0.971. The summed E-state index contributed by atoms with van der Waals surface area (Å²) >= 11 is 0. The van der Waals surface area contributed by atoms with E-state index in [9.17, 15) is 4.79 Å². The molecule has 4 nitrogen and oxygen atoms in total. The van der Waals surface area contributed by atoms with Gasteiger partial charge in [-0.1, -0.05) is 13.0 Å². The number of ether oxygens (including phenoxy) is 1. The van der Waals surface area contributed by atoms with E-state index >= 15 is 0 Å². The Labute approximate surface area is 108 Å². The molecule has 0 fully saturated rings. The van der Waals surface area contributed by atoms with Gasteiger partial charge in [-0.05, 0) is 37.1 Å². The van der Waals surface area contributed by atoms with E-state index in [2.05, 4.69) is 0 Å². The Bertz CT molecular complexity index is 432. The standard InChI is InChI=1S/C14H20N2O2/c1-2-3-14(17)16-8-9-18-13-5-4-11(6-7-15)10-12(13)16/h4-5,10H,2-3,6-9,15H2,1H3. The van der Waals surface area contributed by atoms with Crippen LogP contribution in [0.3, 0.4) is 0 Å². The number of amides is 1. The van der Waals surface area contributed by atoms with E-state index < -0.39 is 0 Å². The van der Waals surface area contributed by atoms with Crippen molar-refractivity contribution in [1.29, 1.82) is 0 Å². The molecule has 0 radical (unpaired) electrons. The summed E-state index contributed by atoms with van der Waals surface area (Å²) in [5.41, 5.74) is 7.61. The predicted molar refractivity (Wildman–Crippen MR) is 72.0 cm³/mol. The monoisotopic (exact) mass is 248 g/mol. The van der Waals surface area contributed by atoms with Gasteiger partial charge in [0.1, 0.15) is 12.4 Å². The van der Waals surface area contributed by atoms with Gasteiger partial charge >= 0.3 is 0 Å². The number of rotatable bonds is 4. The molecule has 1 heterocycles. The first-order chi connectivity index (χ1) is 8.76. The van der Waals surface area contributed by atoms with E-state index in [0.717, 1.165) is 29.8 Å². The van der Waals surface area contributed by atoms with Gasteiger partial charge in [0.25, 0.3) is 0 Å². The van der Waals surface area contributed by atoms with Crippen molar-refractivity contribution >= 4 is 11.6 Å². The van der Waals surface area contributed by atoms with Crippen molar-refractivity contribution in [2.45, 2.75) is 26.2 Å². The Morgan fingerprint density at radius 3 is 3.06 bits per heavy atom. The minimum absolute atomic E-state index is 0.173. The molecule has 0 aromatic heterocycles. The SMILES string of the molecule is CCCC(=O)N1CCOc2ccc(CCN)cc21. The summed E-state index contributed by atoms with van der Waals surface area (Å²) in [6.45, 7) is 3.84. The lowest BCUT2D eigenvalue weighted by atomic mass is 10.1. The lowest BCUT2D eigenvalue weighted by Gasteiger charge is -2.30. The maximum absolute atomic E-state index is 12.1. The molecule has 4 heteroatoms. The number of hydrogen-bond donors (Lipinski definition) is 1. The van der Waals surface area contributed by atoms with Crippen LogP contribution < -0.4 is 15.4 Å². The summed E-state index contributed by atoms with van der Waals surface area (Å²) in [6, 6.07) is 5.97. The summed E-state index contributed by atoms with van der Waals surface area (Å²) < 4.78 is 5.59. The van der Waals surface area contributed by atoms with Crippen LogP contribution in [0.5, 0.6) is 5.75 Å². The van der Waals surface area contributed by atoms with E-state index in [1.54, 1.807) is 0 Å². The fourth-order valence-electron chi connectivity index (χ4n) is 2.19. The van der Waals surface area contributed by atoms with Crippen molar-refractivity contribution in [3.05, 3.63) is 23.8 Å². The topological polar surface area (TPSA) is 55.6 Å². The Balaban J connectivity index is 2.28. The first kappa shape index (κ1) is 12.9. The molecule has 1 aliphatic heterocycles. The number of hydrogen-bond acceptors (Lipinski definition) is 3. The summed E-state index contributed by atoms with van der Waals surface area (Å²) in [6.07, 6.45) is 2.28. The fraction of sp³-hybridized carbons (Fsp3) is 0.500. The zero-order valence-electron chi connectivity index (χ0n) is 10.8. The molecule has 2 rings (SSSR count). The zero-order chi connectivity index (χ0) is 13.0. The molecule has 98 valence electrons. The second-order valence-electron chi connectivity index (χ2n) is 4.48. The molecule has 0 spiro atoms. The molecule has 0 bridgehead atoms. The van der Waals surface area contributed by atoms with E-state index in [1.165, 1.54) is 0 Å². The number of anilines is 1. The first-order valence-corrected chi connectivity index (χ1v) is 6.52. The van der Waals surface area contributed by atoms with Gasteiger partial charge in [0.05, 0.1) is 12.2 Å². The number of nitrogens with two attached hydrogens (primary N) is 1. The van der Waals surface area contributed by atoms with Crippen LogP contribution >= 0.6 is 0 Å². The van der Waals surface area contributed by atoms with Crippen LogP contribution in [0.4, 0.5) is 5.69 Å². The third kappa shape index (κ3) is 2.64. The van der Waals surface area contributed by atoms with Crippen LogP contribution in [0.25, 0.3) is 0 Å². The molecule has 0 saturated carbocycles. The van der Waals surface area contributed by atoms with E-state index in [1.807, 2.05) is 30.0 Å². The van der Waals surface area contributed by atoms with Gasteiger partial charge in [-0.2, -0.15) is 0 Å². The van der Waals surface area contributed by atoms with Crippen LogP contribution in [-0.2, 0) is 11.2 Å². The lowest BCUT2D eigenvalue weighted by molar-refractivity contribution is -0.118. The predicted octanol–water partition coefficient (Wildman–Crippen LogP) is 1.71. The molecule has 1 aromatic carbocycles. The van der Waals surface area contributed by atoms with Crippen molar-refractivity contribution in [2.75, 3.05) is 24.6 Å². The number of carbonyl (C=O) groups is 1. The molecule has 0 saturated heterocycles. The van der Waals surface area contributed by atoms with Crippen LogP contribution in [0.15, 0.2) is 18.2 Å².